The lowest BCUT2D eigenvalue weighted by Gasteiger charge is -2.12. The first-order valence-electron chi connectivity index (χ1n) is 6.40. The lowest BCUT2D eigenvalue weighted by atomic mass is 10.2. The van der Waals surface area contributed by atoms with Crippen molar-refractivity contribution in [3.05, 3.63) is 18.0 Å². The van der Waals surface area contributed by atoms with Gasteiger partial charge in [0.25, 0.3) is 5.91 Å². The van der Waals surface area contributed by atoms with Gasteiger partial charge in [-0.1, -0.05) is 0 Å². The van der Waals surface area contributed by atoms with Crippen molar-refractivity contribution in [2.24, 2.45) is 13.0 Å². The van der Waals surface area contributed by atoms with Crippen LogP contribution in [0.2, 0.25) is 0 Å². The first kappa shape index (κ1) is 15.5. The van der Waals surface area contributed by atoms with E-state index in [9.17, 15) is 18.0 Å². The Bertz CT molecular complexity index is 675. The lowest BCUT2D eigenvalue weighted by Crippen LogP contribution is -2.42. The van der Waals surface area contributed by atoms with Crippen LogP contribution in [-0.4, -0.2) is 43.1 Å². The molecule has 1 saturated carbocycles. The first-order valence-corrected chi connectivity index (χ1v) is 7.88. The maximum atomic E-state index is 12.2. The zero-order valence-electron chi connectivity index (χ0n) is 11.7. The molecule has 1 aliphatic carbocycles. The maximum absolute atomic E-state index is 12.2. The number of sulfonamides is 1. The Morgan fingerprint density at radius 2 is 2.05 bits per heavy atom. The number of aliphatic carboxylic acids is 1. The number of carboxylic acid groups (broad SMARTS) is 1. The molecule has 0 aliphatic heterocycles. The van der Waals surface area contributed by atoms with Gasteiger partial charge in [0.1, 0.15) is 16.6 Å². The summed E-state index contributed by atoms with van der Waals surface area (Å²) >= 11 is 0. The number of hydrogen-bond acceptors (Lipinski definition) is 4. The Hall–Kier alpha value is -1.87. The van der Waals surface area contributed by atoms with Gasteiger partial charge in [-0.15, -0.1) is 0 Å². The minimum atomic E-state index is -3.98. The van der Waals surface area contributed by atoms with E-state index >= 15 is 0 Å². The standard InChI is InChI=1S/C12H17N3O5S/c1-13-11(16)9-5-8(6-15(9)2)21(19,20)14-10(12(17)18)7-3-4-7/h5-7,10,14H,3-4H2,1-2H3,(H,13,16)(H,17,18). The summed E-state index contributed by atoms with van der Waals surface area (Å²) in [6.45, 7) is 0. The number of aryl methyl sites for hydroxylation is 1. The van der Waals surface area contributed by atoms with Crippen LogP contribution in [0, 0.1) is 5.92 Å². The topological polar surface area (TPSA) is 118 Å². The van der Waals surface area contributed by atoms with Crippen LogP contribution in [0.4, 0.5) is 0 Å². The third kappa shape index (κ3) is 3.24. The second-order valence-corrected chi connectivity index (χ2v) is 6.74. The van der Waals surface area contributed by atoms with Gasteiger partial charge >= 0.3 is 5.97 Å². The second-order valence-electron chi connectivity index (χ2n) is 5.03. The predicted molar refractivity (Wildman–Crippen MR) is 73.3 cm³/mol. The van der Waals surface area contributed by atoms with Crippen LogP contribution >= 0.6 is 0 Å². The van der Waals surface area contributed by atoms with Gasteiger partial charge in [-0.3, -0.25) is 9.59 Å². The third-order valence-corrected chi connectivity index (χ3v) is 4.80. The highest BCUT2D eigenvalue weighted by Crippen LogP contribution is 2.33. The molecule has 1 amide bonds. The van der Waals surface area contributed by atoms with Crippen molar-refractivity contribution in [1.82, 2.24) is 14.6 Å². The summed E-state index contributed by atoms with van der Waals surface area (Å²) < 4.78 is 28.0. The normalized spacial score (nSPS) is 16.5. The molecule has 0 bridgehead atoms. The van der Waals surface area contributed by atoms with E-state index in [0.717, 1.165) is 0 Å². The van der Waals surface area contributed by atoms with Crippen molar-refractivity contribution in [1.29, 1.82) is 0 Å². The van der Waals surface area contributed by atoms with Crippen LogP contribution in [0.1, 0.15) is 23.3 Å². The molecule has 0 spiro atoms. The summed E-state index contributed by atoms with van der Waals surface area (Å²) in [5, 5.41) is 11.5. The van der Waals surface area contributed by atoms with Crippen LogP contribution in [0.5, 0.6) is 0 Å². The molecule has 21 heavy (non-hydrogen) atoms. The van der Waals surface area contributed by atoms with E-state index in [-0.39, 0.29) is 16.5 Å². The summed E-state index contributed by atoms with van der Waals surface area (Å²) in [6, 6.07) is 0.0890. The van der Waals surface area contributed by atoms with Crippen molar-refractivity contribution >= 4 is 21.9 Å². The zero-order chi connectivity index (χ0) is 15.8. The Morgan fingerprint density at radius 1 is 1.43 bits per heavy atom. The number of nitrogens with one attached hydrogen (secondary N) is 2. The van der Waals surface area contributed by atoms with Crippen molar-refractivity contribution in [3.63, 3.8) is 0 Å². The Labute approximate surface area is 122 Å². The summed E-state index contributed by atoms with van der Waals surface area (Å²) in [4.78, 5) is 22.6. The van der Waals surface area contributed by atoms with Crippen LogP contribution in [0.15, 0.2) is 17.2 Å². The molecule has 3 N–H and O–H groups in total. The second kappa shape index (κ2) is 5.49. The van der Waals surface area contributed by atoms with Crippen LogP contribution in [-0.2, 0) is 21.9 Å². The molecule has 8 nitrogen and oxygen atoms in total. The van der Waals surface area contributed by atoms with Gasteiger partial charge in [-0.25, -0.2) is 8.42 Å². The average Bonchev–Trinajstić information content (AvgIpc) is 3.17. The Morgan fingerprint density at radius 3 is 2.52 bits per heavy atom. The fourth-order valence-corrected chi connectivity index (χ4v) is 3.38. The highest BCUT2D eigenvalue weighted by atomic mass is 32.2. The number of rotatable bonds is 6. The fourth-order valence-electron chi connectivity index (χ4n) is 2.05. The van der Waals surface area contributed by atoms with Crippen molar-refractivity contribution in [3.8, 4) is 0 Å². The van der Waals surface area contributed by atoms with E-state index in [1.807, 2.05) is 0 Å². The molecule has 1 aromatic rings. The molecule has 1 heterocycles. The van der Waals surface area contributed by atoms with Gasteiger partial charge in [-0.05, 0) is 24.8 Å². The molecule has 1 unspecified atom stereocenters. The van der Waals surface area contributed by atoms with Crippen molar-refractivity contribution in [2.45, 2.75) is 23.8 Å². The number of carbonyl (C=O) groups is 2. The molecular weight excluding hydrogens is 298 g/mol. The molecule has 1 atom stereocenters. The smallest absolute Gasteiger partial charge is 0.322 e. The Balaban J connectivity index is 2.27. The SMILES string of the molecule is CNC(=O)c1cc(S(=O)(=O)NC(C(=O)O)C2CC2)cn1C. The average molecular weight is 315 g/mol. The molecule has 0 radical (unpaired) electrons. The first-order chi connectivity index (χ1) is 9.76. The molecule has 0 saturated heterocycles. The predicted octanol–water partition coefficient (Wildman–Crippen LogP) is -0.474. The van der Waals surface area contributed by atoms with E-state index in [0.29, 0.717) is 12.8 Å². The molecule has 1 aromatic heterocycles. The van der Waals surface area contributed by atoms with E-state index in [1.54, 1.807) is 7.05 Å². The molecular formula is C12H17N3O5S. The van der Waals surface area contributed by atoms with Crippen LogP contribution in [0.25, 0.3) is 0 Å². The van der Waals surface area contributed by atoms with Gasteiger partial charge in [0.15, 0.2) is 0 Å². The van der Waals surface area contributed by atoms with Gasteiger partial charge in [-0.2, -0.15) is 4.72 Å². The minimum Gasteiger partial charge on any atom is -0.480 e. The summed E-state index contributed by atoms with van der Waals surface area (Å²) in [6.07, 6.45) is 2.66. The molecule has 2 rings (SSSR count). The van der Waals surface area contributed by atoms with Crippen LogP contribution in [0.3, 0.4) is 0 Å². The summed E-state index contributed by atoms with van der Waals surface area (Å²) in [5.74, 6) is -1.78. The zero-order valence-corrected chi connectivity index (χ0v) is 12.5. The Kier molecular flexibility index (Phi) is 4.06. The summed E-state index contributed by atoms with van der Waals surface area (Å²) in [7, 11) is -1.00. The van der Waals surface area contributed by atoms with E-state index < -0.39 is 27.9 Å². The van der Waals surface area contributed by atoms with Crippen molar-refractivity contribution in [2.75, 3.05) is 7.05 Å². The maximum Gasteiger partial charge on any atom is 0.322 e. The molecule has 9 heteroatoms. The minimum absolute atomic E-state index is 0.129. The van der Waals surface area contributed by atoms with E-state index in [2.05, 4.69) is 10.0 Å². The number of hydrogen-bond donors (Lipinski definition) is 3. The molecule has 116 valence electrons. The van der Waals surface area contributed by atoms with Gasteiger partial charge < -0.3 is 15.0 Å². The van der Waals surface area contributed by atoms with Gasteiger partial charge in [0.05, 0.1) is 0 Å². The van der Waals surface area contributed by atoms with Crippen LogP contribution < -0.4 is 10.0 Å². The highest BCUT2D eigenvalue weighted by molar-refractivity contribution is 7.89. The number of carboxylic acids is 1. The van der Waals surface area contributed by atoms with Gasteiger partial charge in [0.2, 0.25) is 10.0 Å². The quantitative estimate of drug-likeness (QED) is 0.656. The molecule has 0 aromatic carbocycles. The number of nitrogens with zero attached hydrogens (tertiary/aromatic N) is 1. The number of amides is 1. The molecule has 1 aliphatic rings. The van der Waals surface area contributed by atoms with Gasteiger partial charge in [0, 0.05) is 20.3 Å². The largest absolute Gasteiger partial charge is 0.480 e. The monoisotopic (exact) mass is 315 g/mol. The van der Waals surface area contributed by atoms with Crippen molar-refractivity contribution < 1.29 is 23.1 Å². The summed E-state index contributed by atoms with van der Waals surface area (Å²) in [5.41, 5.74) is 0.177. The fraction of sp³-hybridized carbons (Fsp3) is 0.500. The van der Waals surface area contributed by atoms with E-state index in [1.165, 1.54) is 23.9 Å². The number of carbonyl (C=O) groups excluding carboxylic acids is 1. The van der Waals surface area contributed by atoms with E-state index in [4.69, 9.17) is 5.11 Å². The highest BCUT2D eigenvalue weighted by Gasteiger charge is 2.39. The molecule has 1 fully saturated rings. The lowest BCUT2D eigenvalue weighted by molar-refractivity contribution is -0.139. The third-order valence-electron chi connectivity index (χ3n) is 3.39. The number of aromatic nitrogens is 1.